The molecule has 2 heteroatoms. The van der Waals surface area contributed by atoms with E-state index in [1.807, 2.05) is 0 Å². The molecular formula is C9H17NS. The van der Waals surface area contributed by atoms with Crippen molar-refractivity contribution in [2.24, 2.45) is 11.3 Å². The first-order valence-electron chi connectivity index (χ1n) is 4.50. The van der Waals surface area contributed by atoms with Gasteiger partial charge in [0.25, 0.3) is 0 Å². The topological polar surface area (TPSA) is 3.24 Å². The molecule has 0 aliphatic carbocycles. The van der Waals surface area contributed by atoms with Crippen LogP contribution in [0.3, 0.4) is 0 Å². The van der Waals surface area contributed by atoms with Gasteiger partial charge in [0.2, 0.25) is 0 Å². The number of likely N-dealkylation sites (tertiary alicyclic amines) is 1. The molecule has 2 aliphatic heterocycles. The molecule has 11 heavy (non-hydrogen) atoms. The molecule has 0 radical (unpaired) electrons. The SMILES string of the molecule is CC(C)CN1CC2(CSC2)C1. The van der Waals surface area contributed by atoms with Crippen molar-refractivity contribution in [2.45, 2.75) is 13.8 Å². The first-order valence-corrected chi connectivity index (χ1v) is 5.66. The van der Waals surface area contributed by atoms with Gasteiger partial charge >= 0.3 is 0 Å². The molecule has 0 amide bonds. The quantitative estimate of drug-likeness (QED) is 0.622. The van der Waals surface area contributed by atoms with Crippen molar-refractivity contribution in [3.8, 4) is 0 Å². The van der Waals surface area contributed by atoms with Gasteiger partial charge in [-0.05, 0) is 5.92 Å². The molecule has 0 aromatic heterocycles. The lowest BCUT2D eigenvalue weighted by molar-refractivity contribution is 0.0211. The highest BCUT2D eigenvalue weighted by atomic mass is 32.2. The smallest absolute Gasteiger partial charge is 0.0138 e. The zero-order valence-corrected chi connectivity index (χ0v) is 8.28. The van der Waals surface area contributed by atoms with Crippen LogP contribution in [0.25, 0.3) is 0 Å². The summed E-state index contributed by atoms with van der Waals surface area (Å²) in [6.45, 7) is 8.70. The minimum atomic E-state index is 0.791. The Morgan fingerprint density at radius 1 is 1.36 bits per heavy atom. The van der Waals surface area contributed by atoms with E-state index in [9.17, 15) is 0 Å². The summed E-state index contributed by atoms with van der Waals surface area (Å²) in [5, 5.41) is 0. The third kappa shape index (κ3) is 1.43. The summed E-state index contributed by atoms with van der Waals surface area (Å²) < 4.78 is 0. The van der Waals surface area contributed by atoms with Crippen LogP contribution in [0.2, 0.25) is 0 Å². The molecule has 2 rings (SSSR count). The van der Waals surface area contributed by atoms with Gasteiger partial charge < -0.3 is 4.90 Å². The Bertz CT molecular complexity index is 144. The van der Waals surface area contributed by atoms with E-state index in [0.29, 0.717) is 0 Å². The average Bonchev–Trinajstić information content (AvgIpc) is 1.71. The highest BCUT2D eigenvalue weighted by molar-refractivity contribution is 8.00. The molecule has 0 atom stereocenters. The van der Waals surface area contributed by atoms with Crippen LogP contribution in [0.1, 0.15) is 13.8 Å². The fourth-order valence-electron chi connectivity index (χ4n) is 2.12. The van der Waals surface area contributed by atoms with Gasteiger partial charge in [-0.2, -0.15) is 11.8 Å². The maximum absolute atomic E-state index is 2.60. The van der Waals surface area contributed by atoms with E-state index in [1.54, 1.807) is 0 Å². The second kappa shape index (κ2) is 2.67. The van der Waals surface area contributed by atoms with Crippen molar-refractivity contribution >= 4 is 11.8 Å². The summed E-state index contributed by atoms with van der Waals surface area (Å²) in [5.41, 5.74) is 0.791. The van der Waals surface area contributed by atoms with E-state index in [2.05, 4.69) is 30.5 Å². The van der Waals surface area contributed by atoms with Gasteiger partial charge in [0.15, 0.2) is 0 Å². The molecule has 2 saturated heterocycles. The van der Waals surface area contributed by atoms with Gasteiger partial charge in [0.1, 0.15) is 0 Å². The fraction of sp³-hybridized carbons (Fsp3) is 1.00. The maximum Gasteiger partial charge on any atom is 0.0138 e. The second-order valence-corrected chi connectivity index (χ2v) is 5.54. The Hall–Kier alpha value is 0.310. The lowest BCUT2D eigenvalue weighted by Gasteiger charge is -2.55. The van der Waals surface area contributed by atoms with E-state index in [1.165, 1.54) is 31.1 Å². The van der Waals surface area contributed by atoms with Crippen LogP contribution in [0, 0.1) is 11.3 Å². The molecule has 64 valence electrons. The van der Waals surface area contributed by atoms with E-state index >= 15 is 0 Å². The maximum atomic E-state index is 2.60. The molecule has 1 nitrogen and oxygen atoms in total. The predicted octanol–water partition coefficient (Wildman–Crippen LogP) is 1.69. The van der Waals surface area contributed by atoms with Crippen LogP contribution < -0.4 is 0 Å². The summed E-state index contributed by atoms with van der Waals surface area (Å²) in [4.78, 5) is 2.60. The number of hydrogen-bond donors (Lipinski definition) is 0. The van der Waals surface area contributed by atoms with Crippen LogP contribution in [0.4, 0.5) is 0 Å². The first-order chi connectivity index (χ1) is 5.20. The molecule has 1 spiro atoms. The van der Waals surface area contributed by atoms with Gasteiger partial charge in [-0.15, -0.1) is 0 Å². The summed E-state index contributed by atoms with van der Waals surface area (Å²) in [6.07, 6.45) is 0. The van der Waals surface area contributed by atoms with Crippen molar-refractivity contribution in [2.75, 3.05) is 31.1 Å². The van der Waals surface area contributed by atoms with Crippen LogP contribution in [0.5, 0.6) is 0 Å². The number of rotatable bonds is 2. The Balaban J connectivity index is 1.71. The third-order valence-corrected chi connectivity index (χ3v) is 4.19. The standard InChI is InChI=1S/C9H17NS/c1-8(2)3-10-4-9(5-10)6-11-7-9/h8H,3-7H2,1-2H3. The molecule has 0 saturated carbocycles. The number of nitrogens with zero attached hydrogens (tertiary/aromatic N) is 1. The normalized spacial score (nSPS) is 28.6. The molecule has 2 aliphatic rings. The van der Waals surface area contributed by atoms with Gasteiger partial charge in [0.05, 0.1) is 0 Å². The van der Waals surface area contributed by atoms with Crippen LogP contribution in [-0.4, -0.2) is 36.0 Å². The fourth-order valence-corrected chi connectivity index (χ4v) is 3.27. The summed E-state index contributed by atoms with van der Waals surface area (Å²) in [6, 6.07) is 0. The highest BCUT2D eigenvalue weighted by Gasteiger charge is 2.47. The van der Waals surface area contributed by atoms with Crippen molar-refractivity contribution in [1.29, 1.82) is 0 Å². The van der Waals surface area contributed by atoms with Crippen LogP contribution in [0.15, 0.2) is 0 Å². The molecular weight excluding hydrogens is 154 g/mol. The van der Waals surface area contributed by atoms with Crippen LogP contribution >= 0.6 is 11.8 Å². The zero-order valence-electron chi connectivity index (χ0n) is 7.47. The van der Waals surface area contributed by atoms with Gasteiger partial charge in [-0.25, -0.2) is 0 Å². The number of hydrogen-bond acceptors (Lipinski definition) is 2. The van der Waals surface area contributed by atoms with Crippen molar-refractivity contribution in [1.82, 2.24) is 4.90 Å². The Morgan fingerprint density at radius 3 is 2.36 bits per heavy atom. The minimum absolute atomic E-state index is 0.791. The molecule has 0 aromatic carbocycles. The summed E-state index contributed by atoms with van der Waals surface area (Å²) in [5.74, 6) is 3.71. The van der Waals surface area contributed by atoms with Crippen molar-refractivity contribution < 1.29 is 0 Å². The molecule has 2 heterocycles. The predicted molar refractivity (Wildman–Crippen MR) is 51.0 cm³/mol. The van der Waals surface area contributed by atoms with E-state index in [4.69, 9.17) is 0 Å². The van der Waals surface area contributed by atoms with E-state index < -0.39 is 0 Å². The average molecular weight is 171 g/mol. The highest BCUT2D eigenvalue weighted by Crippen LogP contribution is 2.45. The van der Waals surface area contributed by atoms with Gasteiger partial charge in [-0.3, -0.25) is 0 Å². The second-order valence-electron chi connectivity index (χ2n) is 4.56. The molecule has 0 aromatic rings. The third-order valence-electron chi connectivity index (χ3n) is 2.56. The van der Waals surface area contributed by atoms with E-state index in [-0.39, 0.29) is 0 Å². The molecule has 0 N–H and O–H groups in total. The summed E-state index contributed by atoms with van der Waals surface area (Å²) >= 11 is 2.11. The molecule has 0 unspecified atom stereocenters. The zero-order chi connectivity index (χ0) is 7.90. The largest absolute Gasteiger partial charge is 0.302 e. The Morgan fingerprint density at radius 2 is 2.00 bits per heavy atom. The molecule has 0 bridgehead atoms. The summed E-state index contributed by atoms with van der Waals surface area (Å²) in [7, 11) is 0. The van der Waals surface area contributed by atoms with Crippen molar-refractivity contribution in [3.63, 3.8) is 0 Å². The Kier molecular flexibility index (Phi) is 1.92. The number of thioether (sulfide) groups is 1. The molecule has 2 fully saturated rings. The lowest BCUT2D eigenvalue weighted by atomic mass is 9.82. The van der Waals surface area contributed by atoms with Crippen LogP contribution in [-0.2, 0) is 0 Å². The van der Waals surface area contributed by atoms with Gasteiger partial charge in [0, 0.05) is 36.6 Å². The van der Waals surface area contributed by atoms with Crippen molar-refractivity contribution in [3.05, 3.63) is 0 Å². The monoisotopic (exact) mass is 171 g/mol. The Labute approximate surface area is 73.5 Å². The first kappa shape index (κ1) is 7.93. The van der Waals surface area contributed by atoms with Gasteiger partial charge in [-0.1, -0.05) is 13.8 Å². The lowest BCUT2D eigenvalue weighted by Crippen LogP contribution is -2.63. The minimum Gasteiger partial charge on any atom is -0.302 e. The van der Waals surface area contributed by atoms with E-state index in [0.717, 1.165) is 11.3 Å².